The average Bonchev–Trinajstić information content (AvgIpc) is 2.66. The zero-order valence-corrected chi connectivity index (χ0v) is 19.5. The lowest BCUT2D eigenvalue weighted by Gasteiger charge is -2.23. The molecule has 1 amide bonds. The molecular weight excluding hydrogens is 434 g/mol. The zero-order valence-electron chi connectivity index (χ0n) is 18.7. The molecule has 0 aliphatic heterocycles. The smallest absolute Gasteiger partial charge is 0.407 e. The van der Waals surface area contributed by atoms with Crippen molar-refractivity contribution >= 4 is 22.2 Å². The van der Waals surface area contributed by atoms with Crippen LogP contribution in [0, 0.1) is 0 Å². The highest BCUT2D eigenvalue weighted by atomic mass is 32.2. The summed E-state index contributed by atoms with van der Waals surface area (Å²) in [6, 6.07) is 15.0. The molecule has 0 radical (unpaired) electrons. The molecule has 2 aromatic rings. The molecule has 0 saturated heterocycles. The van der Waals surface area contributed by atoms with E-state index in [0.717, 1.165) is 17.4 Å². The number of ether oxygens (including phenoxy) is 2. The van der Waals surface area contributed by atoms with Crippen LogP contribution < -0.4 is 9.50 Å². The van der Waals surface area contributed by atoms with E-state index < -0.39 is 33.8 Å². The van der Waals surface area contributed by atoms with E-state index in [2.05, 4.69) is 5.32 Å². The lowest BCUT2D eigenvalue weighted by atomic mass is 10.0. The van der Waals surface area contributed by atoms with Crippen LogP contribution in [-0.4, -0.2) is 38.4 Å². The Kier molecular flexibility index (Phi) is 8.65. The van der Waals surface area contributed by atoms with E-state index in [1.54, 1.807) is 32.9 Å². The van der Waals surface area contributed by atoms with Crippen molar-refractivity contribution in [3.63, 3.8) is 0 Å². The van der Waals surface area contributed by atoms with E-state index in [4.69, 9.17) is 13.7 Å². The zero-order chi connectivity index (χ0) is 23.8. The molecule has 0 bridgehead atoms. The number of nitrogens with one attached hydrogen (secondary N) is 1. The van der Waals surface area contributed by atoms with Gasteiger partial charge in [0.2, 0.25) is 0 Å². The molecule has 1 unspecified atom stereocenters. The summed E-state index contributed by atoms with van der Waals surface area (Å²) in [7, 11) is -3.63. The predicted octanol–water partition coefficient (Wildman–Crippen LogP) is 3.59. The van der Waals surface area contributed by atoms with Gasteiger partial charge >= 0.3 is 22.2 Å². The highest BCUT2D eigenvalue weighted by Gasteiger charge is 2.23. The van der Waals surface area contributed by atoms with Gasteiger partial charge in [-0.05, 0) is 50.5 Å². The van der Waals surface area contributed by atoms with Gasteiger partial charge in [-0.3, -0.25) is 4.79 Å². The van der Waals surface area contributed by atoms with Crippen molar-refractivity contribution in [3.8, 4) is 5.75 Å². The second-order valence-corrected chi connectivity index (χ2v) is 9.90. The molecule has 1 N–H and O–H groups in total. The molecule has 8 nitrogen and oxygen atoms in total. The second kappa shape index (κ2) is 11.0. The van der Waals surface area contributed by atoms with Gasteiger partial charge in [0.15, 0.2) is 0 Å². The van der Waals surface area contributed by atoms with E-state index in [0.29, 0.717) is 6.42 Å². The Hall–Kier alpha value is -3.07. The Morgan fingerprint density at radius 2 is 1.59 bits per heavy atom. The lowest BCUT2D eigenvalue weighted by Crippen LogP contribution is -2.39. The number of carbonyl (C=O) groups is 2. The van der Waals surface area contributed by atoms with Gasteiger partial charge in [-0.25, -0.2) is 4.79 Å². The summed E-state index contributed by atoms with van der Waals surface area (Å²) in [6.07, 6.45) is 0.556. The summed E-state index contributed by atoms with van der Waals surface area (Å²) in [4.78, 5) is 24.7. The third kappa shape index (κ3) is 10.3. The molecule has 0 aromatic heterocycles. The van der Waals surface area contributed by atoms with Gasteiger partial charge in [0, 0.05) is 6.04 Å². The number of alkyl carbamates (subject to hydrolysis) is 1. The van der Waals surface area contributed by atoms with Gasteiger partial charge in [0.05, 0.1) is 12.7 Å². The first kappa shape index (κ1) is 25.2. The van der Waals surface area contributed by atoms with E-state index in [-0.39, 0.29) is 18.8 Å². The van der Waals surface area contributed by atoms with Gasteiger partial charge in [0.1, 0.15) is 18.0 Å². The SMILES string of the molecule is CC(C)(C)OC(=O)CC(Cc1ccc(OS(C)(=O)=O)cc1)NC(=O)OCc1ccccc1. The first-order valence-electron chi connectivity index (χ1n) is 10.1. The Bertz CT molecular complexity index is 997. The molecule has 2 aromatic carbocycles. The summed E-state index contributed by atoms with van der Waals surface area (Å²) < 4.78 is 38.0. The van der Waals surface area contributed by atoms with Gasteiger partial charge < -0.3 is 19.0 Å². The maximum Gasteiger partial charge on any atom is 0.407 e. The lowest BCUT2D eigenvalue weighted by molar-refractivity contribution is -0.155. The summed E-state index contributed by atoms with van der Waals surface area (Å²) in [6.45, 7) is 5.40. The number of hydrogen-bond acceptors (Lipinski definition) is 7. The molecule has 2 rings (SSSR count). The molecule has 0 aliphatic rings. The Morgan fingerprint density at radius 1 is 0.969 bits per heavy atom. The molecule has 9 heteroatoms. The highest BCUT2D eigenvalue weighted by Crippen LogP contribution is 2.17. The van der Waals surface area contributed by atoms with Crippen molar-refractivity contribution in [1.82, 2.24) is 5.32 Å². The van der Waals surface area contributed by atoms with Crippen molar-refractivity contribution < 1.29 is 31.7 Å². The molecule has 0 spiro atoms. The maximum absolute atomic E-state index is 12.3. The largest absolute Gasteiger partial charge is 0.460 e. The van der Waals surface area contributed by atoms with Crippen LogP contribution >= 0.6 is 0 Å². The average molecular weight is 464 g/mol. The molecule has 0 heterocycles. The first-order valence-corrected chi connectivity index (χ1v) is 11.9. The van der Waals surface area contributed by atoms with Crippen molar-refractivity contribution in [1.29, 1.82) is 0 Å². The van der Waals surface area contributed by atoms with Crippen molar-refractivity contribution in [3.05, 3.63) is 65.7 Å². The van der Waals surface area contributed by atoms with Crippen LogP contribution in [0.3, 0.4) is 0 Å². The Morgan fingerprint density at radius 3 is 2.16 bits per heavy atom. The second-order valence-electron chi connectivity index (χ2n) is 8.33. The minimum Gasteiger partial charge on any atom is -0.460 e. The van der Waals surface area contributed by atoms with Crippen LogP contribution in [0.5, 0.6) is 5.75 Å². The highest BCUT2D eigenvalue weighted by molar-refractivity contribution is 7.86. The van der Waals surface area contributed by atoms with Crippen molar-refractivity contribution in [2.24, 2.45) is 0 Å². The summed E-state index contributed by atoms with van der Waals surface area (Å²) >= 11 is 0. The quantitative estimate of drug-likeness (QED) is 0.447. The Balaban J connectivity index is 2.04. The van der Waals surface area contributed by atoms with E-state index in [1.165, 1.54) is 12.1 Å². The van der Waals surface area contributed by atoms with Crippen LogP contribution in [0.1, 0.15) is 38.3 Å². The van der Waals surface area contributed by atoms with Crippen LogP contribution in [-0.2, 0) is 37.4 Å². The van der Waals surface area contributed by atoms with Crippen LogP contribution in [0.4, 0.5) is 4.79 Å². The van der Waals surface area contributed by atoms with Gasteiger partial charge in [-0.2, -0.15) is 8.42 Å². The normalized spacial score (nSPS) is 12.5. The molecule has 1 atom stereocenters. The number of carbonyl (C=O) groups excluding carboxylic acids is 2. The van der Waals surface area contributed by atoms with Gasteiger partial charge in [-0.15, -0.1) is 0 Å². The third-order valence-corrected chi connectivity index (χ3v) is 4.52. The molecule has 174 valence electrons. The fourth-order valence-electron chi connectivity index (χ4n) is 2.83. The summed E-state index contributed by atoms with van der Waals surface area (Å²) in [5.41, 5.74) is 0.954. The number of benzene rings is 2. The standard InChI is InChI=1S/C23H29NO7S/c1-23(2,3)30-21(25)15-19(24-22(26)29-16-18-8-6-5-7-9-18)14-17-10-12-20(13-11-17)31-32(4,27)28/h5-13,19H,14-16H2,1-4H3,(H,24,26). The minimum absolute atomic E-state index is 0.0563. The van der Waals surface area contributed by atoms with Crippen LogP contribution in [0.2, 0.25) is 0 Å². The fraction of sp³-hybridized carbons (Fsp3) is 0.391. The van der Waals surface area contributed by atoms with Gasteiger partial charge in [-0.1, -0.05) is 42.5 Å². The fourth-order valence-corrected chi connectivity index (χ4v) is 3.29. The maximum atomic E-state index is 12.3. The van der Waals surface area contributed by atoms with E-state index in [9.17, 15) is 18.0 Å². The number of amides is 1. The minimum atomic E-state index is -3.63. The molecule has 0 saturated carbocycles. The number of hydrogen-bond donors (Lipinski definition) is 1. The number of rotatable bonds is 9. The van der Waals surface area contributed by atoms with Crippen molar-refractivity contribution in [2.45, 2.75) is 51.9 Å². The first-order chi connectivity index (χ1) is 14.9. The van der Waals surface area contributed by atoms with Crippen LogP contribution in [0.25, 0.3) is 0 Å². The molecule has 0 aliphatic carbocycles. The molecule has 0 fully saturated rings. The predicted molar refractivity (Wildman–Crippen MR) is 120 cm³/mol. The monoisotopic (exact) mass is 463 g/mol. The van der Waals surface area contributed by atoms with Crippen LogP contribution in [0.15, 0.2) is 54.6 Å². The third-order valence-electron chi connectivity index (χ3n) is 4.02. The van der Waals surface area contributed by atoms with E-state index >= 15 is 0 Å². The topological polar surface area (TPSA) is 108 Å². The summed E-state index contributed by atoms with van der Waals surface area (Å²) in [5.74, 6) is -0.280. The summed E-state index contributed by atoms with van der Waals surface area (Å²) in [5, 5.41) is 2.72. The number of esters is 1. The molecule has 32 heavy (non-hydrogen) atoms. The van der Waals surface area contributed by atoms with Crippen molar-refractivity contribution in [2.75, 3.05) is 6.26 Å². The molecular formula is C23H29NO7S. The van der Waals surface area contributed by atoms with E-state index in [1.807, 2.05) is 30.3 Å². The Labute approximate surface area is 189 Å². The van der Waals surface area contributed by atoms with Gasteiger partial charge in [0.25, 0.3) is 0 Å².